The highest BCUT2D eigenvalue weighted by atomic mass is 19.1. The topological polar surface area (TPSA) is 55.4 Å². The highest BCUT2D eigenvalue weighted by molar-refractivity contribution is 5.92. The summed E-state index contributed by atoms with van der Waals surface area (Å²) in [6.45, 7) is 3.53. The summed E-state index contributed by atoms with van der Waals surface area (Å²) in [6.07, 6.45) is 1.42. The zero-order valence-electron chi connectivity index (χ0n) is 9.82. The number of anilines is 1. The molecule has 1 rings (SSSR count). The van der Waals surface area contributed by atoms with Crippen LogP contribution in [0.1, 0.15) is 12.8 Å². The second-order valence-electron chi connectivity index (χ2n) is 3.53. The largest absolute Gasteiger partial charge is 0.461 e. The fraction of sp³-hybridized carbons (Fsp3) is 0.231. The van der Waals surface area contributed by atoms with Crippen LogP contribution < -0.4 is 5.32 Å². The minimum absolute atomic E-state index is 0.00745. The van der Waals surface area contributed by atoms with Crippen LogP contribution in [0, 0.1) is 5.82 Å². The van der Waals surface area contributed by atoms with Gasteiger partial charge in [0.2, 0.25) is 5.91 Å². The van der Waals surface area contributed by atoms with E-state index >= 15 is 0 Å². The molecule has 1 aromatic carbocycles. The zero-order chi connectivity index (χ0) is 13.4. The summed E-state index contributed by atoms with van der Waals surface area (Å²) in [6, 6.07) is 5.54. The number of esters is 1. The zero-order valence-corrected chi connectivity index (χ0v) is 9.82. The van der Waals surface area contributed by atoms with Crippen LogP contribution in [0.2, 0.25) is 0 Å². The van der Waals surface area contributed by atoms with Crippen molar-refractivity contribution >= 4 is 17.6 Å². The first kappa shape index (κ1) is 13.9. The molecule has 0 aromatic heterocycles. The van der Waals surface area contributed by atoms with Gasteiger partial charge in [-0.1, -0.05) is 18.7 Å². The van der Waals surface area contributed by atoms with Crippen LogP contribution in [0.4, 0.5) is 10.1 Å². The molecular formula is C13H14FNO3. The van der Waals surface area contributed by atoms with Gasteiger partial charge in [0.1, 0.15) is 12.4 Å². The Morgan fingerprint density at radius 3 is 2.83 bits per heavy atom. The number of amides is 1. The van der Waals surface area contributed by atoms with Crippen molar-refractivity contribution in [1.82, 2.24) is 0 Å². The summed E-state index contributed by atoms with van der Waals surface area (Å²) in [5, 5.41) is 2.49. The Bertz CT molecular complexity index is 446. The van der Waals surface area contributed by atoms with Crippen molar-refractivity contribution in [2.75, 3.05) is 11.9 Å². The third-order valence-corrected chi connectivity index (χ3v) is 2.03. The molecule has 1 N–H and O–H groups in total. The van der Waals surface area contributed by atoms with Gasteiger partial charge in [-0.3, -0.25) is 9.59 Å². The van der Waals surface area contributed by atoms with Crippen molar-refractivity contribution in [3.63, 3.8) is 0 Å². The van der Waals surface area contributed by atoms with Gasteiger partial charge < -0.3 is 10.1 Å². The number of hydrogen-bond donors (Lipinski definition) is 1. The molecule has 1 aromatic rings. The molecule has 0 fully saturated rings. The van der Waals surface area contributed by atoms with Crippen molar-refractivity contribution in [3.8, 4) is 0 Å². The fourth-order valence-corrected chi connectivity index (χ4v) is 1.23. The lowest BCUT2D eigenvalue weighted by atomic mass is 10.2. The van der Waals surface area contributed by atoms with Crippen molar-refractivity contribution < 1.29 is 18.7 Å². The number of benzene rings is 1. The van der Waals surface area contributed by atoms with Crippen LogP contribution in [-0.4, -0.2) is 18.5 Å². The Balaban J connectivity index is 2.33. The second-order valence-corrected chi connectivity index (χ2v) is 3.53. The average molecular weight is 251 g/mol. The van der Waals surface area contributed by atoms with Gasteiger partial charge in [-0.05, 0) is 18.2 Å². The van der Waals surface area contributed by atoms with E-state index in [0.29, 0.717) is 5.69 Å². The lowest BCUT2D eigenvalue weighted by molar-refractivity contribution is -0.143. The van der Waals surface area contributed by atoms with Crippen LogP contribution >= 0.6 is 0 Å². The maximum atomic E-state index is 12.8. The van der Waals surface area contributed by atoms with Gasteiger partial charge in [0.15, 0.2) is 0 Å². The summed E-state index contributed by atoms with van der Waals surface area (Å²) >= 11 is 0. The van der Waals surface area contributed by atoms with Crippen molar-refractivity contribution in [3.05, 3.63) is 42.7 Å². The van der Waals surface area contributed by atoms with E-state index in [1.54, 1.807) is 6.07 Å². The van der Waals surface area contributed by atoms with Crippen molar-refractivity contribution in [2.45, 2.75) is 12.8 Å². The minimum Gasteiger partial charge on any atom is -0.461 e. The minimum atomic E-state index is -0.468. The lowest BCUT2D eigenvalue weighted by Gasteiger charge is -2.05. The van der Waals surface area contributed by atoms with Gasteiger partial charge in [0.25, 0.3) is 0 Å². The van der Waals surface area contributed by atoms with Gasteiger partial charge in [0.05, 0.1) is 6.42 Å². The summed E-state index contributed by atoms with van der Waals surface area (Å²) in [4.78, 5) is 22.5. The first-order valence-corrected chi connectivity index (χ1v) is 5.44. The van der Waals surface area contributed by atoms with E-state index < -0.39 is 11.8 Å². The van der Waals surface area contributed by atoms with Crippen LogP contribution in [0.3, 0.4) is 0 Å². The van der Waals surface area contributed by atoms with E-state index in [2.05, 4.69) is 11.9 Å². The molecular weight excluding hydrogens is 237 g/mol. The second kappa shape index (κ2) is 7.21. The van der Waals surface area contributed by atoms with E-state index in [1.807, 2.05) is 0 Å². The van der Waals surface area contributed by atoms with E-state index in [4.69, 9.17) is 4.74 Å². The van der Waals surface area contributed by atoms with Gasteiger partial charge in [0, 0.05) is 12.1 Å². The van der Waals surface area contributed by atoms with Crippen molar-refractivity contribution in [2.24, 2.45) is 0 Å². The van der Waals surface area contributed by atoms with Gasteiger partial charge in [-0.25, -0.2) is 4.39 Å². The summed E-state index contributed by atoms with van der Waals surface area (Å²) < 4.78 is 17.6. The van der Waals surface area contributed by atoms with E-state index in [1.165, 1.54) is 24.3 Å². The maximum Gasteiger partial charge on any atom is 0.306 e. The highest BCUT2D eigenvalue weighted by Gasteiger charge is 2.08. The molecule has 1 amide bonds. The van der Waals surface area contributed by atoms with Crippen molar-refractivity contribution in [1.29, 1.82) is 0 Å². The number of carbonyl (C=O) groups is 2. The number of nitrogens with one attached hydrogen (secondary N) is 1. The first-order chi connectivity index (χ1) is 8.61. The monoisotopic (exact) mass is 251 g/mol. The summed E-state index contributed by atoms with van der Waals surface area (Å²) in [7, 11) is 0. The average Bonchev–Trinajstić information content (AvgIpc) is 2.34. The van der Waals surface area contributed by atoms with Crippen LogP contribution in [0.25, 0.3) is 0 Å². The predicted octanol–water partition coefficient (Wildman–Crippen LogP) is 2.27. The third kappa shape index (κ3) is 5.25. The molecule has 0 unspecified atom stereocenters. The number of carbonyl (C=O) groups excluding carboxylic acids is 2. The van der Waals surface area contributed by atoms with Gasteiger partial charge in [-0.15, -0.1) is 0 Å². The summed E-state index contributed by atoms with van der Waals surface area (Å²) in [5.41, 5.74) is 0.361. The molecule has 0 aliphatic rings. The molecule has 0 radical (unpaired) electrons. The number of hydrogen-bond acceptors (Lipinski definition) is 3. The molecule has 0 bridgehead atoms. The molecule has 96 valence electrons. The van der Waals surface area contributed by atoms with Crippen LogP contribution in [0.15, 0.2) is 36.9 Å². The number of halogens is 1. The molecule has 0 heterocycles. The molecule has 4 nitrogen and oxygen atoms in total. The number of ether oxygens (including phenoxy) is 1. The molecule has 0 saturated carbocycles. The molecule has 5 heteroatoms. The molecule has 0 aliphatic carbocycles. The predicted molar refractivity (Wildman–Crippen MR) is 65.4 cm³/mol. The first-order valence-electron chi connectivity index (χ1n) is 5.44. The molecule has 0 spiro atoms. The molecule has 0 atom stereocenters. The Kier molecular flexibility index (Phi) is 5.57. The van der Waals surface area contributed by atoms with Crippen LogP contribution in [0.5, 0.6) is 0 Å². The van der Waals surface area contributed by atoms with E-state index in [-0.39, 0.29) is 25.4 Å². The quantitative estimate of drug-likeness (QED) is 0.623. The Morgan fingerprint density at radius 2 is 2.17 bits per heavy atom. The fourth-order valence-electron chi connectivity index (χ4n) is 1.23. The van der Waals surface area contributed by atoms with Gasteiger partial charge in [-0.2, -0.15) is 0 Å². The highest BCUT2D eigenvalue weighted by Crippen LogP contribution is 2.09. The smallest absolute Gasteiger partial charge is 0.306 e. The third-order valence-electron chi connectivity index (χ3n) is 2.03. The molecule has 0 saturated heterocycles. The SMILES string of the molecule is C=CCOC(=O)CCC(=O)Nc1cccc(F)c1. The Hall–Kier alpha value is -2.17. The Labute approximate surface area is 104 Å². The lowest BCUT2D eigenvalue weighted by Crippen LogP contribution is -2.14. The summed E-state index contributed by atoms with van der Waals surface area (Å²) in [5.74, 6) is -1.27. The van der Waals surface area contributed by atoms with Gasteiger partial charge >= 0.3 is 5.97 Å². The van der Waals surface area contributed by atoms with Crippen LogP contribution in [-0.2, 0) is 14.3 Å². The van der Waals surface area contributed by atoms with E-state index in [9.17, 15) is 14.0 Å². The molecule has 0 aliphatic heterocycles. The maximum absolute atomic E-state index is 12.8. The number of rotatable bonds is 6. The Morgan fingerprint density at radius 1 is 1.39 bits per heavy atom. The molecule has 18 heavy (non-hydrogen) atoms. The standard InChI is InChI=1S/C13H14FNO3/c1-2-8-18-13(17)7-6-12(16)15-11-5-3-4-10(14)9-11/h2-5,9H,1,6-8H2,(H,15,16). The van der Waals surface area contributed by atoms with E-state index in [0.717, 1.165) is 0 Å². The normalized spacial score (nSPS) is 9.61.